The Labute approximate surface area is 98.2 Å². The molecule has 0 radical (unpaired) electrons. The zero-order valence-electron chi connectivity index (χ0n) is 8.37. The maximum atomic E-state index is 9.71. The van der Waals surface area contributed by atoms with Gasteiger partial charge >= 0.3 is 0 Å². The van der Waals surface area contributed by atoms with Crippen LogP contribution in [0.1, 0.15) is 18.6 Å². The van der Waals surface area contributed by atoms with Crippen LogP contribution in [0.5, 0.6) is 5.75 Å². The molecule has 84 valence electrons. The van der Waals surface area contributed by atoms with Crippen molar-refractivity contribution in [2.75, 3.05) is 7.11 Å². The Morgan fingerprint density at radius 2 is 1.87 bits per heavy atom. The van der Waals surface area contributed by atoms with E-state index in [1.54, 1.807) is 0 Å². The molecular weight excluding hydrogens is 239 g/mol. The molecule has 0 aliphatic carbocycles. The Morgan fingerprint density at radius 1 is 1.27 bits per heavy atom. The number of rotatable bonds is 3. The first kappa shape index (κ1) is 12.6. The molecule has 0 fully saturated rings. The number of ether oxygens (including phenoxy) is 1. The maximum absolute atomic E-state index is 9.71. The summed E-state index contributed by atoms with van der Waals surface area (Å²) in [7, 11) is 1.44. The summed E-state index contributed by atoms with van der Waals surface area (Å²) in [4.78, 5) is 0. The number of aliphatic hydroxyl groups excluding tert-OH is 2. The number of halogens is 2. The predicted molar refractivity (Wildman–Crippen MR) is 59.7 cm³/mol. The molecule has 1 aromatic carbocycles. The molecule has 1 rings (SSSR count). The van der Waals surface area contributed by atoms with Gasteiger partial charge in [0.05, 0.1) is 18.2 Å². The van der Waals surface area contributed by atoms with Crippen molar-refractivity contribution in [3.63, 3.8) is 0 Å². The minimum absolute atomic E-state index is 0.305. The van der Waals surface area contributed by atoms with E-state index in [1.807, 2.05) is 0 Å². The molecule has 0 saturated carbocycles. The maximum Gasteiger partial charge on any atom is 0.143 e. The number of methoxy groups -OCH3 is 1. The summed E-state index contributed by atoms with van der Waals surface area (Å²) in [5.41, 5.74) is 0.380. The van der Waals surface area contributed by atoms with Crippen LogP contribution in [0.15, 0.2) is 12.1 Å². The van der Waals surface area contributed by atoms with E-state index in [2.05, 4.69) is 0 Å². The molecule has 5 heteroatoms. The molecule has 0 aliphatic rings. The number of aliphatic hydroxyl groups is 2. The van der Waals surface area contributed by atoms with Gasteiger partial charge in [0.1, 0.15) is 11.9 Å². The molecule has 0 aliphatic heterocycles. The lowest BCUT2D eigenvalue weighted by molar-refractivity contribution is 0.0291. The van der Waals surface area contributed by atoms with Crippen LogP contribution in [0.2, 0.25) is 10.0 Å². The minimum atomic E-state index is -1.07. The Balaban J connectivity index is 3.26. The Morgan fingerprint density at radius 3 is 2.33 bits per heavy atom. The van der Waals surface area contributed by atoms with Crippen molar-refractivity contribution in [3.05, 3.63) is 27.7 Å². The largest absolute Gasteiger partial charge is 0.495 e. The van der Waals surface area contributed by atoms with E-state index in [0.717, 1.165) is 0 Å². The predicted octanol–water partition coefficient (Wildman–Crippen LogP) is 2.42. The Bertz CT molecular complexity index is 353. The fourth-order valence-electron chi connectivity index (χ4n) is 1.28. The van der Waals surface area contributed by atoms with Crippen molar-refractivity contribution in [2.45, 2.75) is 19.1 Å². The van der Waals surface area contributed by atoms with Crippen molar-refractivity contribution >= 4 is 23.2 Å². The summed E-state index contributed by atoms with van der Waals surface area (Å²) < 4.78 is 5.04. The topological polar surface area (TPSA) is 49.7 Å². The van der Waals surface area contributed by atoms with Gasteiger partial charge in [0.15, 0.2) is 0 Å². The monoisotopic (exact) mass is 250 g/mol. The summed E-state index contributed by atoms with van der Waals surface area (Å²) in [5, 5.41) is 19.7. The zero-order chi connectivity index (χ0) is 11.6. The molecule has 3 nitrogen and oxygen atoms in total. The van der Waals surface area contributed by atoms with E-state index in [1.165, 1.54) is 26.2 Å². The molecular formula is C10H12Cl2O3. The van der Waals surface area contributed by atoms with Gasteiger partial charge in [0.25, 0.3) is 0 Å². The molecule has 0 amide bonds. The van der Waals surface area contributed by atoms with Gasteiger partial charge in [-0.1, -0.05) is 23.2 Å². The lowest BCUT2D eigenvalue weighted by atomic mass is 10.0. The summed E-state index contributed by atoms with van der Waals surface area (Å²) >= 11 is 11.7. The van der Waals surface area contributed by atoms with Crippen molar-refractivity contribution in [1.82, 2.24) is 0 Å². The van der Waals surface area contributed by atoms with Gasteiger partial charge < -0.3 is 14.9 Å². The van der Waals surface area contributed by atoms with Crippen LogP contribution in [0.25, 0.3) is 0 Å². The highest BCUT2D eigenvalue weighted by atomic mass is 35.5. The lowest BCUT2D eigenvalue weighted by Gasteiger charge is -2.18. The lowest BCUT2D eigenvalue weighted by Crippen LogP contribution is -2.14. The molecule has 1 aromatic rings. The standard InChI is InChI=1S/C10H12Cl2O3/c1-5(13)9(14)7-3-6(11)4-8(12)10(7)15-2/h3-5,9,13-14H,1-2H3. The zero-order valence-corrected chi connectivity index (χ0v) is 9.88. The van der Waals surface area contributed by atoms with Gasteiger partial charge in [-0.15, -0.1) is 0 Å². The van der Waals surface area contributed by atoms with Gasteiger partial charge in [0, 0.05) is 10.6 Å². The highest BCUT2D eigenvalue weighted by Gasteiger charge is 2.20. The minimum Gasteiger partial charge on any atom is -0.495 e. The average molecular weight is 251 g/mol. The fraction of sp³-hybridized carbons (Fsp3) is 0.400. The smallest absolute Gasteiger partial charge is 0.143 e. The van der Waals surface area contributed by atoms with E-state index in [9.17, 15) is 10.2 Å². The van der Waals surface area contributed by atoms with Gasteiger partial charge in [-0.05, 0) is 19.1 Å². The van der Waals surface area contributed by atoms with Crippen LogP contribution in [0.3, 0.4) is 0 Å². The van der Waals surface area contributed by atoms with Gasteiger partial charge in [-0.2, -0.15) is 0 Å². The SMILES string of the molecule is COc1c(Cl)cc(Cl)cc1C(O)C(C)O. The molecule has 0 spiro atoms. The van der Waals surface area contributed by atoms with E-state index >= 15 is 0 Å². The third kappa shape index (κ3) is 2.75. The van der Waals surface area contributed by atoms with Crippen LogP contribution in [0, 0.1) is 0 Å². The molecule has 0 heterocycles. The summed E-state index contributed by atoms with van der Waals surface area (Å²) in [6.07, 6.45) is -2.00. The first-order valence-electron chi connectivity index (χ1n) is 4.36. The third-order valence-corrected chi connectivity index (χ3v) is 2.52. The van der Waals surface area contributed by atoms with E-state index in [-0.39, 0.29) is 0 Å². The first-order chi connectivity index (χ1) is 6.97. The number of hydrogen-bond donors (Lipinski definition) is 2. The Kier molecular flexibility index (Phi) is 4.22. The van der Waals surface area contributed by atoms with E-state index in [4.69, 9.17) is 27.9 Å². The van der Waals surface area contributed by atoms with E-state index in [0.29, 0.717) is 21.4 Å². The van der Waals surface area contributed by atoms with Crippen LogP contribution in [-0.2, 0) is 0 Å². The second-order valence-corrected chi connectivity index (χ2v) is 4.04. The second kappa shape index (κ2) is 5.03. The van der Waals surface area contributed by atoms with Crippen LogP contribution in [0.4, 0.5) is 0 Å². The van der Waals surface area contributed by atoms with Crippen molar-refractivity contribution in [3.8, 4) is 5.75 Å². The highest BCUT2D eigenvalue weighted by molar-refractivity contribution is 6.35. The summed E-state index contributed by atoms with van der Waals surface area (Å²) in [5.74, 6) is 0.328. The summed E-state index contributed by atoms with van der Waals surface area (Å²) in [6.45, 7) is 1.47. The molecule has 0 aromatic heterocycles. The number of benzene rings is 1. The Hall–Kier alpha value is -0.480. The first-order valence-corrected chi connectivity index (χ1v) is 5.12. The van der Waals surface area contributed by atoms with Crippen molar-refractivity contribution in [1.29, 1.82) is 0 Å². The quantitative estimate of drug-likeness (QED) is 0.867. The third-order valence-electron chi connectivity index (χ3n) is 2.02. The van der Waals surface area contributed by atoms with Crippen molar-refractivity contribution < 1.29 is 14.9 Å². The molecule has 2 N–H and O–H groups in total. The normalized spacial score (nSPS) is 14.8. The molecule has 2 atom stereocenters. The van der Waals surface area contributed by atoms with Crippen LogP contribution < -0.4 is 4.74 Å². The van der Waals surface area contributed by atoms with Crippen LogP contribution in [-0.4, -0.2) is 23.4 Å². The van der Waals surface area contributed by atoms with Gasteiger partial charge in [-0.3, -0.25) is 0 Å². The van der Waals surface area contributed by atoms with Gasteiger partial charge in [-0.25, -0.2) is 0 Å². The van der Waals surface area contributed by atoms with E-state index < -0.39 is 12.2 Å². The summed E-state index contributed by atoms with van der Waals surface area (Å²) in [6, 6.07) is 3.03. The number of hydrogen-bond acceptors (Lipinski definition) is 3. The average Bonchev–Trinajstić information content (AvgIpc) is 2.15. The second-order valence-electron chi connectivity index (χ2n) is 3.20. The fourth-order valence-corrected chi connectivity index (χ4v) is 1.86. The molecule has 0 bridgehead atoms. The highest BCUT2D eigenvalue weighted by Crippen LogP contribution is 2.36. The molecule has 2 unspecified atom stereocenters. The van der Waals surface area contributed by atoms with Crippen molar-refractivity contribution in [2.24, 2.45) is 0 Å². The van der Waals surface area contributed by atoms with Gasteiger partial charge in [0.2, 0.25) is 0 Å². The molecule has 0 saturated heterocycles. The van der Waals surface area contributed by atoms with Crippen LogP contribution >= 0.6 is 23.2 Å². The molecule has 15 heavy (non-hydrogen) atoms.